The highest BCUT2D eigenvalue weighted by Gasteiger charge is 2.39. The second kappa shape index (κ2) is 16.5. The van der Waals surface area contributed by atoms with Crippen molar-refractivity contribution in [3.63, 3.8) is 0 Å². The summed E-state index contributed by atoms with van der Waals surface area (Å²) in [4.78, 5) is 36.2. The SMILES string of the molecule is Cc1c(C(=O)N(c2ccc(O[Si](C)(C)C(C)(C)C)cc2)c2cc(C#N)n(C)c2C)cn(-c2cc(Cl)ccc2C(=O)N2Cc3ccccc3C[C@H]2CN2CCOCC2)c1C. The van der Waals surface area contributed by atoms with Gasteiger partial charge in [-0.1, -0.05) is 56.6 Å². The number of nitrogens with zero attached hydrogens (tertiary/aromatic N) is 6. The number of ether oxygens (including phenoxy) is 1. The number of anilines is 2. The molecule has 12 heteroatoms. The first-order valence-electron chi connectivity index (χ1n) is 20.4. The molecule has 0 saturated carbocycles. The highest BCUT2D eigenvalue weighted by atomic mass is 35.5. The smallest absolute Gasteiger partial charge is 0.264 e. The predicted molar refractivity (Wildman–Crippen MR) is 237 cm³/mol. The molecule has 1 fully saturated rings. The molecule has 2 aromatic heterocycles. The highest BCUT2D eigenvalue weighted by Crippen LogP contribution is 2.40. The molecule has 0 aliphatic carbocycles. The van der Waals surface area contributed by atoms with Crippen molar-refractivity contribution in [3.8, 4) is 17.5 Å². The van der Waals surface area contributed by atoms with E-state index < -0.39 is 8.32 Å². The minimum Gasteiger partial charge on any atom is -0.544 e. The van der Waals surface area contributed by atoms with Gasteiger partial charge in [0.05, 0.1) is 35.7 Å². The van der Waals surface area contributed by atoms with Crippen LogP contribution in [0, 0.1) is 32.1 Å². The Bertz CT molecular complexity index is 2430. The van der Waals surface area contributed by atoms with E-state index in [-0.39, 0.29) is 22.9 Å². The van der Waals surface area contributed by atoms with E-state index in [0.717, 1.165) is 54.3 Å². The number of rotatable bonds is 9. The number of fused-ring (bicyclic) bond motifs is 1. The molecule has 5 aromatic rings. The summed E-state index contributed by atoms with van der Waals surface area (Å²) in [6.07, 6.45) is 2.58. The van der Waals surface area contributed by atoms with Gasteiger partial charge in [-0.05, 0) is 111 Å². The van der Waals surface area contributed by atoms with Crippen LogP contribution in [0.4, 0.5) is 11.4 Å². The van der Waals surface area contributed by atoms with Crippen LogP contribution in [0.2, 0.25) is 23.2 Å². The molecule has 0 unspecified atom stereocenters. The van der Waals surface area contributed by atoms with Crippen molar-refractivity contribution in [2.75, 3.05) is 37.7 Å². The summed E-state index contributed by atoms with van der Waals surface area (Å²) in [7, 11) is -0.288. The van der Waals surface area contributed by atoms with E-state index in [1.54, 1.807) is 27.7 Å². The van der Waals surface area contributed by atoms with Crippen LogP contribution < -0.4 is 9.33 Å². The number of halogens is 1. The lowest BCUT2D eigenvalue weighted by atomic mass is 9.92. The topological polar surface area (TPSA) is 96.0 Å². The van der Waals surface area contributed by atoms with E-state index in [4.69, 9.17) is 20.8 Å². The quantitative estimate of drug-likeness (QED) is 0.137. The van der Waals surface area contributed by atoms with Gasteiger partial charge >= 0.3 is 0 Å². The van der Waals surface area contributed by atoms with Crippen molar-refractivity contribution in [1.29, 1.82) is 5.26 Å². The number of amides is 2. The zero-order valence-electron chi connectivity index (χ0n) is 35.7. The summed E-state index contributed by atoms with van der Waals surface area (Å²) in [5, 5.41) is 10.5. The largest absolute Gasteiger partial charge is 0.544 e. The van der Waals surface area contributed by atoms with Gasteiger partial charge in [-0.15, -0.1) is 0 Å². The summed E-state index contributed by atoms with van der Waals surface area (Å²) in [6.45, 7) is 21.1. The number of aromatic nitrogens is 2. The van der Waals surface area contributed by atoms with E-state index >= 15 is 4.79 Å². The molecule has 2 amide bonds. The van der Waals surface area contributed by atoms with Gasteiger partial charge in [0.1, 0.15) is 17.5 Å². The molecule has 2 aliphatic heterocycles. The molecule has 2 aliphatic rings. The van der Waals surface area contributed by atoms with Gasteiger partial charge in [0, 0.05) is 67.6 Å². The summed E-state index contributed by atoms with van der Waals surface area (Å²) in [5.41, 5.74) is 7.99. The minimum atomic E-state index is -2.11. The number of carbonyl (C=O) groups is 2. The predicted octanol–water partition coefficient (Wildman–Crippen LogP) is 9.53. The first-order chi connectivity index (χ1) is 28.0. The van der Waals surface area contributed by atoms with Gasteiger partial charge in [-0.3, -0.25) is 19.4 Å². The molecule has 1 saturated heterocycles. The van der Waals surface area contributed by atoms with Gasteiger partial charge in [-0.2, -0.15) is 5.26 Å². The lowest BCUT2D eigenvalue weighted by Crippen LogP contribution is -2.52. The van der Waals surface area contributed by atoms with Crippen LogP contribution in [0.1, 0.15) is 75.3 Å². The van der Waals surface area contributed by atoms with Crippen LogP contribution in [0.15, 0.2) is 79.0 Å². The minimum absolute atomic E-state index is 0.0162. The van der Waals surface area contributed by atoms with Crippen LogP contribution >= 0.6 is 11.6 Å². The number of nitriles is 1. The van der Waals surface area contributed by atoms with Crippen LogP contribution in [0.3, 0.4) is 0 Å². The molecule has 3 aromatic carbocycles. The first-order valence-corrected chi connectivity index (χ1v) is 23.6. The Balaban J connectivity index is 1.28. The Morgan fingerprint density at radius 1 is 0.949 bits per heavy atom. The number of carbonyl (C=O) groups excluding carboxylic acids is 2. The number of benzene rings is 3. The lowest BCUT2D eigenvalue weighted by molar-refractivity contribution is 0.0193. The van der Waals surface area contributed by atoms with Crippen LogP contribution in [0.25, 0.3) is 5.69 Å². The Morgan fingerprint density at radius 3 is 2.27 bits per heavy atom. The zero-order valence-corrected chi connectivity index (χ0v) is 37.5. The molecule has 0 bridgehead atoms. The summed E-state index contributed by atoms with van der Waals surface area (Å²) in [5.74, 6) is 0.387. The zero-order chi connectivity index (χ0) is 42.4. The van der Waals surface area contributed by atoms with Crippen molar-refractivity contribution in [2.24, 2.45) is 7.05 Å². The average molecular weight is 832 g/mol. The second-order valence-electron chi connectivity index (χ2n) is 17.4. The van der Waals surface area contributed by atoms with Crippen molar-refractivity contribution in [2.45, 2.75) is 78.7 Å². The standard InChI is InChI=1S/C47H55ClN6O4Si/c1-31-32(2)52(44-25-36(48)14-19-41(44)45(55)53-28-35-13-11-10-12-34(35)24-39(53)29-51-20-22-57-23-21-51)30-42(31)46(56)54(43-26-38(27-49)50(7)33(43)3)37-15-17-40(18-16-37)58-59(8,9)47(4,5)6/h10-19,25-26,30,39H,20-24,28-29H2,1-9H3/t39-/m0/s1. The Kier molecular flexibility index (Phi) is 11.7. The molecule has 308 valence electrons. The molecular weight excluding hydrogens is 776 g/mol. The van der Waals surface area contributed by atoms with Crippen LogP contribution in [0.5, 0.6) is 5.75 Å². The molecular formula is C47H55ClN6O4Si. The van der Waals surface area contributed by atoms with Crippen molar-refractivity contribution >= 4 is 43.1 Å². The first kappa shape index (κ1) is 42.0. The fourth-order valence-corrected chi connectivity index (χ4v) is 9.09. The molecule has 59 heavy (non-hydrogen) atoms. The molecule has 0 spiro atoms. The van der Waals surface area contributed by atoms with E-state index in [0.29, 0.717) is 58.7 Å². The summed E-state index contributed by atoms with van der Waals surface area (Å²) < 4.78 is 15.9. The van der Waals surface area contributed by atoms with Crippen molar-refractivity contribution < 1.29 is 18.8 Å². The Hall–Kier alpha value is -5.12. The normalized spacial score (nSPS) is 16.1. The third-order valence-corrected chi connectivity index (χ3v) is 17.4. The number of hydrogen-bond donors (Lipinski definition) is 0. The highest BCUT2D eigenvalue weighted by molar-refractivity contribution is 6.74. The second-order valence-corrected chi connectivity index (χ2v) is 22.6. The van der Waals surface area contributed by atoms with Crippen molar-refractivity contribution in [1.82, 2.24) is 18.9 Å². The molecule has 1 atom stereocenters. The maximum absolute atomic E-state index is 15.1. The monoisotopic (exact) mass is 830 g/mol. The molecule has 7 rings (SSSR count). The van der Waals surface area contributed by atoms with E-state index in [9.17, 15) is 10.1 Å². The Morgan fingerprint density at radius 2 is 1.63 bits per heavy atom. The van der Waals surface area contributed by atoms with E-state index in [2.05, 4.69) is 63.0 Å². The maximum Gasteiger partial charge on any atom is 0.264 e. The third kappa shape index (κ3) is 8.24. The maximum atomic E-state index is 15.1. The molecule has 0 N–H and O–H groups in total. The summed E-state index contributed by atoms with van der Waals surface area (Å²) >= 11 is 6.71. The average Bonchev–Trinajstić information content (AvgIpc) is 3.67. The molecule has 10 nitrogen and oxygen atoms in total. The van der Waals surface area contributed by atoms with Crippen LogP contribution in [-0.4, -0.2) is 78.0 Å². The number of morpholine rings is 1. The van der Waals surface area contributed by atoms with Gasteiger partial charge < -0.3 is 23.2 Å². The molecule has 0 radical (unpaired) electrons. The lowest BCUT2D eigenvalue weighted by Gasteiger charge is -2.40. The fraction of sp³-hybridized carbons (Fsp3) is 0.383. The van der Waals surface area contributed by atoms with Gasteiger partial charge in [0.15, 0.2) is 0 Å². The van der Waals surface area contributed by atoms with Crippen LogP contribution in [-0.2, 0) is 24.8 Å². The summed E-state index contributed by atoms with van der Waals surface area (Å²) in [6, 6.07) is 25.4. The van der Waals surface area contributed by atoms with Gasteiger partial charge in [0.25, 0.3) is 11.8 Å². The van der Waals surface area contributed by atoms with E-state index in [1.807, 2.05) is 79.9 Å². The number of hydrogen-bond acceptors (Lipinski definition) is 6. The molecule has 4 heterocycles. The van der Waals surface area contributed by atoms with Gasteiger partial charge in [0.2, 0.25) is 8.32 Å². The third-order valence-electron chi connectivity index (χ3n) is 12.8. The Labute approximate surface area is 354 Å². The van der Waals surface area contributed by atoms with E-state index in [1.165, 1.54) is 5.56 Å². The fourth-order valence-electron chi connectivity index (χ4n) is 7.89. The van der Waals surface area contributed by atoms with Gasteiger partial charge in [-0.25, -0.2) is 0 Å². The van der Waals surface area contributed by atoms with Crippen molar-refractivity contribution in [3.05, 3.63) is 129 Å².